The number of hydrogen-bond acceptors (Lipinski definition) is 3. The van der Waals surface area contributed by atoms with E-state index < -0.39 is 0 Å². The lowest BCUT2D eigenvalue weighted by atomic mass is 9.93. The first-order valence-corrected chi connectivity index (χ1v) is 8.12. The largest absolute Gasteiger partial charge is 0.486 e. The van der Waals surface area contributed by atoms with Crippen LogP contribution >= 0.6 is 0 Å². The van der Waals surface area contributed by atoms with E-state index in [2.05, 4.69) is 17.5 Å². The molecule has 22 heavy (non-hydrogen) atoms. The van der Waals surface area contributed by atoms with Crippen molar-refractivity contribution >= 4 is 11.6 Å². The van der Waals surface area contributed by atoms with Gasteiger partial charge in [0.2, 0.25) is 5.91 Å². The van der Waals surface area contributed by atoms with E-state index in [0.29, 0.717) is 18.4 Å². The first-order chi connectivity index (χ1) is 10.8. The molecule has 1 heterocycles. The number of ether oxygens (including phenoxy) is 2. The van der Waals surface area contributed by atoms with Crippen LogP contribution in [0.1, 0.15) is 19.3 Å². The summed E-state index contributed by atoms with van der Waals surface area (Å²) >= 11 is 0. The Kier molecular flexibility index (Phi) is 3.62. The SMILES string of the molecule is O=C(Nc1ccccc1O[C@@H]1CCOC1)[C@@H]1C[C@H]2C=C[C@H]1C2. The summed E-state index contributed by atoms with van der Waals surface area (Å²) in [7, 11) is 0. The highest BCUT2D eigenvalue weighted by Gasteiger charge is 2.39. The van der Waals surface area contributed by atoms with Crippen molar-refractivity contribution < 1.29 is 14.3 Å². The summed E-state index contributed by atoms with van der Waals surface area (Å²) in [6.07, 6.45) is 7.56. The van der Waals surface area contributed by atoms with Crippen LogP contribution in [0, 0.1) is 17.8 Å². The van der Waals surface area contributed by atoms with Crippen LogP contribution in [0.25, 0.3) is 0 Å². The van der Waals surface area contributed by atoms with Gasteiger partial charge in [0.05, 0.1) is 18.9 Å². The maximum Gasteiger partial charge on any atom is 0.228 e. The second-order valence-electron chi connectivity index (χ2n) is 6.48. The van der Waals surface area contributed by atoms with Crippen LogP contribution in [0.4, 0.5) is 5.69 Å². The molecule has 2 aliphatic carbocycles. The fourth-order valence-corrected chi connectivity index (χ4v) is 3.77. The average Bonchev–Trinajstić information content (AvgIpc) is 3.26. The van der Waals surface area contributed by atoms with Crippen molar-refractivity contribution in [1.82, 2.24) is 0 Å². The Morgan fingerprint density at radius 1 is 1.23 bits per heavy atom. The van der Waals surface area contributed by atoms with Crippen molar-refractivity contribution in [2.75, 3.05) is 18.5 Å². The first kappa shape index (κ1) is 13.8. The average molecular weight is 299 g/mol. The van der Waals surface area contributed by atoms with Crippen LogP contribution in [-0.4, -0.2) is 25.2 Å². The Bertz CT molecular complexity index is 592. The zero-order valence-corrected chi connectivity index (χ0v) is 12.5. The fraction of sp³-hybridized carbons (Fsp3) is 0.500. The van der Waals surface area contributed by atoms with E-state index >= 15 is 0 Å². The lowest BCUT2D eigenvalue weighted by Gasteiger charge is -2.20. The minimum Gasteiger partial charge on any atom is -0.486 e. The number of benzene rings is 1. The third-order valence-electron chi connectivity index (χ3n) is 4.94. The molecular weight excluding hydrogens is 278 g/mol. The van der Waals surface area contributed by atoms with Gasteiger partial charge in [-0.2, -0.15) is 0 Å². The predicted octanol–water partition coefficient (Wildman–Crippen LogP) is 3.01. The molecule has 1 aromatic rings. The third kappa shape index (κ3) is 2.63. The van der Waals surface area contributed by atoms with Crippen LogP contribution in [0.3, 0.4) is 0 Å². The molecule has 1 saturated carbocycles. The molecule has 1 N–H and O–H groups in total. The minimum absolute atomic E-state index is 0.0866. The summed E-state index contributed by atoms with van der Waals surface area (Å²) in [5.41, 5.74) is 0.770. The minimum atomic E-state index is 0.0866. The Morgan fingerprint density at radius 3 is 2.86 bits per heavy atom. The Labute approximate surface area is 130 Å². The van der Waals surface area contributed by atoms with Gasteiger partial charge >= 0.3 is 0 Å². The second-order valence-corrected chi connectivity index (χ2v) is 6.48. The van der Waals surface area contributed by atoms with Gasteiger partial charge in [0.15, 0.2) is 0 Å². The normalized spacial score (nSPS) is 32.4. The van der Waals surface area contributed by atoms with Crippen molar-refractivity contribution in [2.45, 2.75) is 25.4 Å². The fourth-order valence-electron chi connectivity index (χ4n) is 3.77. The number of carbonyl (C=O) groups is 1. The predicted molar refractivity (Wildman–Crippen MR) is 83.8 cm³/mol. The van der Waals surface area contributed by atoms with Gasteiger partial charge in [0.25, 0.3) is 0 Å². The standard InChI is InChI=1S/C18H21NO3/c20-18(15-10-12-5-6-13(15)9-12)19-16-3-1-2-4-17(16)22-14-7-8-21-11-14/h1-6,12-15H,7-11H2,(H,19,20)/t12-,13-,14+,15+/m0/s1. The molecule has 1 aromatic carbocycles. The van der Waals surface area contributed by atoms with Crippen molar-refractivity contribution in [3.8, 4) is 5.75 Å². The maximum atomic E-state index is 12.6. The van der Waals surface area contributed by atoms with E-state index in [9.17, 15) is 4.79 Å². The second kappa shape index (κ2) is 5.76. The number of fused-ring (bicyclic) bond motifs is 2. The van der Waals surface area contributed by atoms with Crippen molar-refractivity contribution in [1.29, 1.82) is 0 Å². The molecule has 0 unspecified atom stereocenters. The van der Waals surface area contributed by atoms with E-state index in [1.54, 1.807) is 0 Å². The number of nitrogens with one attached hydrogen (secondary N) is 1. The Balaban J connectivity index is 1.45. The molecule has 2 fully saturated rings. The topological polar surface area (TPSA) is 47.6 Å². The number of carbonyl (C=O) groups excluding carboxylic acids is 1. The molecule has 1 amide bonds. The molecule has 1 saturated heterocycles. The summed E-state index contributed by atoms with van der Waals surface area (Å²) < 4.78 is 11.3. The zero-order valence-electron chi connectivity index (χ0n) is 12.5. The van der Waals surface area contributed by atoms with Gasteiger partial charge in [-0.15, -0.1) is 0 Å². The lowest BCUT2D eigenvalue weighted by molar-refractivity contribution is -0.120. The molecular formula is C18H21NO3. The summed E-state index contributed by atoms with van der Waals surface area (Å²) in [5.74, 6) is 1.99. The number of allylic oxidation sites excluding steroid dienone is 2. The van der Waals surface area contributed by atoms with Crippen molar-refractivity contribution in [3.63, 3.8) is 0 Å². The van der Waals surface area contributed by atoms with Crippen molar-refractivity contribution in [2.24, 2.45) is 17.8 Å². The van der Waals surface area contributed by atoms with Crippen molar-refractivity contribution in [3.05, 3.63) is 36.4 Å². The smallest absolute Gasteiger partial charge is 0.228 e. The Hall–Kier alpha value is -1.81. The molecule has 1 aliphatic heterocycles. The highest BCUT2D eigenvalue weighted by atomic mass is 16.5. The van der Waals surface area contributed by atoms with E-state index in [-0.39, 0.29) is 17.9 Å². The number of anilines is 1. The highest BCUT2D eigenvalue weighted by Crippen LogP contribution is 2.44. The zero-order chi connectivity index (χ0) is 14.9. The van der Waals surface area contributed by atoms with Gasteiger partial charge in [0, 0.05) is 12.3 Å². The molecule has 0 radical (unpaired) electrons. The third-order valence-corrected chi connectivity index (χ3v) is 4.94. The number of hydrogen-bond donors (Lipinski definition) is 1. The van der Waals surface area contributed by atoms with E-state index in [4.69, 9.17) is 9.47 Å². The van der Waals surface area contributed by atoms with Crippen LogP contribution in [0.2, 0.25) is 0 Å². The van der Waals surface area contributed by atoms with E-state index in [1.807, 2.05) is 24.3 Å². The van der Waals surface area contributed by atoms with Gasteiger partial charge in [-0.05, 0) is 36.8 Å². The van der Waals surface area contributed by atoms with Gasteiger partial charge in [-0.3, -0.25) is 4.79 Å². The van der Waals surface area contributed by atoms with Crippen LogP contribution < -0.4 is 10.1 Å². The van der Waals surface area contributed by atoms with Gasteiger partial charge in [-0.1, -0.05) is 24.3 Å². The van der Waals surface area contributed by atoms with Gasteiger partial charge in [-0.25, -0.2) is 0 Å². The van der Waals surface area contributed by atoms with Crippen LogP contribution in [0.5, 0.6) is 5.75 Å². The number of para-hydroxylation sites is 2. The molecule has 116 valence electrons. The molecule has 0 aromatic heterocycles. The highest BCUT2D eigenvalue weighted by molar-refractivity contribution is 5.94. The van der Waals surface area contributed by atoms with Gasteiger partial charge in [0.1, 0.15) is 11.9 Å². The Morgan fingerprint density at radius 2 is 2.14 bits per heavy atom. The number of amides is 1. The molecule has 4 nitrogen and oxygen atoms in total. The summed E-state index contributed by atoms with van der Waals surface area (Å²) in [6.45, 7) is 1.37. The van der Waals surface area contributed by atoms with E-state index in [1.165, 1.54) is 0 Å². The van der Waals surface area contributed by atoms with Crippen LogP contribution in [0.15, 0.2) is 36.4 Å². The van der Waals surface area contributed by atoms with Gasteiger partial charge < -0.3 is 14.8 Å². The molecule has 0 spiro atoms. The quantitative estimate of drug-likeness (QED) is 0.869. The summed E-state index contributed by atoms with van der Waals surface area (Å²) in [6, 6.07) is 7.68. The lowest BCUT2D eigenvalue weighted by Crippen LogP contribution is -2.26. The molecule has 3 aliphatic rings. The monoisotopic (exact) mass is 299 g/mol. The maximum absolute atomic E-state index is 12.6. The number of rotatable bonds is 4. The molecule has 4 atom stereocenters. The molecule has 2 bridgehead atoms. The molecule has 4 rings (SSSR count). The van der Waals surface area contributed by atoms with Crippen LogP contribution in [-0.2, 0) is 9.53 Å². The molecule has 4 heteroatoms. The first-order valence-electron chi connectivity index (χ1n) is 8.12. The summed E-state index contributed by atoms with van der Waals surface area (Å²) in [4.78, 5) is 12.6. The summed E-state index contributed by atoms with van der Waals surface area (Å²) in [5, 5.41) is 3.07. The van der Waals surface area contributed by atoms with E-state index in [0.717, 1.165) is 37.3 Å².